The third-order valence-corrected chi connectivity index (χ3v) is 16.2. The van der Waals surface area contributed by atoms with Crippen molar-refractivity contribution in [2.24, 2.45) is 9.98 Å². The summed E-state index contributed by atoms with van der Waals surface area (Å²) in [5, 5.41) is 15.0. The number of esters is 2. The highest BCUT2D eigenvalue weighted by atomic mass is 79.9. The summed E-state index contributed by atoms with van der Waals surface area (Å²) < 4.78 is 123. The fraction of sp³-hybridized carbons (Fsp3) is 0.354. The molecule has 4 aliphatic rings. The highest BCUT2D eigenvalue weighted by molar-refractivity contribution is 9.10. The van der Waals surface area contributed by atoms with Crippen molar-refractivity contribution in [2.75, 3.05) is 51.0 Å². The predicted octanol–water partition coefficient (Wildman–Crippen LogP) is 7.50. The highest BCUT2D eigenvalue weighted by Crippen LogP contribution is 2.41. The maximum Gasteiger partial charge on any atom is 0.338 e. The number of benzene rings is 2. The Balaban J connectivity index is 0.000000208. The molecule has 3 aromatic heterocycles. The van der Waals surface area contributed by atoms with E-state index in [4.69, 9.17) is 14.5 Å². The smallest absolute Gasteiger partial charge is 0.338 e. The molecule has 79 heavy (non-hydrogen) atoms. The number of hydrogen-bond acceptors (Lipinski definition) is 20. The van der Waals surface area contributed by atoms with Crippen LogP contribution in [0.25, 0.3) is 0 Å². The fourth-order valence-electron chi connectivity index (χ4n) is 8.88. The second-order valence-corrected chi connectivity index (χ2v) is 23.9. The summed E-state index contributed by atoms with van der Waals surface area (Å²) in [5.41, 5.74) is 1.20. The zero-order chi connectivity index (χ0) is 57.0. The van der Waals surface area contributed by atoms with E-state index in [1.807, 2.05) is 0 Å². The number of nitrogens with one attached hydrogen (secondary N) is 4. The fourth-order valence-corrected chi connectivity index (χ4v) is 12.2. The molecular weight excluding hydrogens is 1260 g/mol. The Morgan fingerprint density at radius 3 is 1.51 bits per heavy atom. The number of carbonyl (C=O) groups is 4. The summed E-state index contributed by atoms with van der Waals surface area (Å²) in [6.07, 6.45) is 3.73. The first-order valence-corrected chi connectivity index (χ1v) is 29.7. The molecule has 420 valence electrons. The Bertz CT molecular complexity index is 3350. The molecule has 4 N–H and O–H groups in total. The lowest BCUT2D eigenvalue weighted by Crippen LogP contribution is -2.47. The van der Waals surface area contributed by atoms with Crippen LogP contribution in [0.5, 0.6) is 0 Å². The lowest BCUT2D eigenvalue weighted by molar-refractivity contribution is -0.139. The van der Waals surface area contributed by atoms with Gasteiger partial charge in [0.05, 0.1) is 55.8 Å². The van der Waals surface area contributed by atoms with E-state index in [0.29, 0.717) is 41.1 Å². The lowest BCUT2D eigenvalue weighted by Gasteiger charge is -2.31. The maximum atomic E-state index is 14.7. The molecule has 9 rings (SSSR count). The number of hydrogen-bond donors (Lipinski definition) is 4. The average Bonchev–Trinajstić information content (AvgIpc) is 4.34. The second kappa shape index (κ2) is 24.8. The number of aliphatic imine (C=N–C) groups is 2. The van der Waals surface area contributed by atoms with E-state index in [9.17, 15) is 53.9 Å². The first-order valence-electron chi connectivity index (χ1n) is 23.6. The summed E-state index contributed by atoms with van der Waals surface area (Å²) >= 11 is 10.4. The minimum atomic E-state index is -4.01. The van der Waals surface area contributed by atoms with Crippen LogP contribution in [0.2, 0.25) is 0 Å². The van der Waals surface area contributed by atoms with E-state index < -0.39 is 107 Å². The zero-order valence-electron chi connectivity index (χ0n) is 41.4. The monoisotopic (exact) mass is 1300 g/mol. The number of anilines is 1. The molecule has 31 heteroatoms. The van der Waals surface area contributed by atoms with Crippen LogP contribution in [0.4, 0.5) is 31.5 Å². The van der Waals surface area contributed by atoms with Crippen LogP contribution in [0.3, 0.4) is 0 Å². The number of ether oxygens (including phenoxy) is 2. The second-order valence-electron chi connectivity index (χ2n) is 17.8. The molecule has 7 heterocycles. The Morgan fingerprint density at radius 1 is 0.696 bits per heavy atom. The largest absolute Gasteiger partial charge is 0.463 e. The van der Waals surface area contributed by atoms with Crippen LogP contribution >= 0.6 is 65.9 Å². The molecule has 0 radical (unpaired) electrons. The van der Waals surface area contributed by atoms with Gasteiger partial charge in [-0.15, -0.1) is 34.0 Å². The SMILES string of the molecule is CCOC(=O)C1=C(CN2CC(F)(F)C[C@H]2C(=O)NS(C)(=O)=O)NC(c2nccs2)=N[C@H]1c1ccc(F)cc1Br.CCOC(=O)C1=C(CN2CC(F)(F)C[C@H]2C(=O)Nc2nccs2)NC(c2nccs2)=N[C@H]1c1ccc(F)cc1Br. The molecule has 0 saturated carbocycles. The third-order valence-electron chi connectivity index (χ3n) is 12.0. The molecule has 4 atom stereocenters. The Hall–Kier alpha value is -5.96. The van der Waals surface area contributed by atoms with Gasteiger partial charge in [0, 0.05) is 81.0 Å². The lowest BCUT2D eigenvalue weighted by atomic mass is 9.95. The number of amides is 2. The van der Waals surface area contributed by atoms with Crippen molar-refractivity contribution in [3.8, 4) is 0 Å². The van der Waals surface area contributed by atoms with Crippen LogP contribution in [0.1, 0.15) is 59.9 Å². The van der Waals surface area contributed by atoms with Crippen molar-refractivity contribution < 1.29 is 63.4 Å². The minimum absolute atomic E-state index is 0.00283. The summed E-state index contributed by atoms with van der Waals surface area (Å²) in [6, 6.07) is 3.06. The molecule has 2 aromatic carbocycles. The Morgan fingerprint density at radius 2 is 1.13 bits per heavy atom. The van der Waals surface area contributed by atoms with Gasteiger partial charge in [-0.3, -0.25) is 34.1 Å². The van der Waals surface area contributed by atoms with Gasteiger partial charge < -0.3 is 25.4 Å². The van der Waals surface area contributed by atoms with Crippen LogP contribution in [-0.4, -0.2) is 138 Å². The summed E-state index contributed by atoms with van der Waals surface area (Å²) in [6.45, 7) is 1.09. The first-order chi connectivity index (χ1) is 37.4. The number of alkyl halides is 4. The maximum absolute atomic E-state index is 14.7. The van der Waals surface area contributed by atoms with Crippen LogP contribution in [0, 0.1) is 11.6 Å². The number of thiazole rings is 3. The van der Waals surface area contributed by atoms with E-state index in [1.54, 1.807) is 40.9 Å². The molecule has 2 fully saturated rings. The molecule has 0 spiro atoms. The van der Waals surface area contributed by atoms with Gasteiger partial charge in [0.1, 0.15) is 23.7 Å². The number of likely N-dealkylation sites (tertiary alicyclic amines) is 2. The van der Waals surface area contributed by atoms with E-state index in [1.165, 1.54) is 87.7 Å². The molecule has 2 amide bonds. The number of halogens is 8. The van der Waals surface area contributed by atoms with Crippen LogP contribution < -0.4 is 20.7 Å². The van der Waals surface area contributed by atoms with Gasteiger partial charge in [-0.05, 0) is 49.2 Å². The van der Waals surface area contributed by atoms with Crippen molar-refractivity contribution in [2.45, 2.75) is 62.7 Å². The van der Waals surface area contributed by atoms with Crippen LogP contribution in [-0.2, 0) is 38.7 Å². The van der Waals surface area contributed by atoms with E-state index in [2.05, 4.69) is 67.8 Å². The van der Waals surface area contributed by atoms with Gasteiger partial charge >= 0.3 is 11.9 Å². The molecular formula is C48H45Br2F6N11O8S4. The zero-order valence-corrected chi connectivity index (χ0v) is 47.9. The number of amidine groups is 2. The van der Waals surface area contributed by atoms with Crippen molar-refractivity contribution in [3.05, 3.63) is 135 Å². The van der Waals surface area contributed by atoms with E-state index in [-0.39, 0.29) is 54.7 Å². The molecule has 4 aliphatic heterocycles. The van der Waals surface area contributed by atoms with Crippen molar-refractivity contribution >= 4 is 116 Å². The van der Waals surface area contributed by atoms with Gasteiger partial charge in [-0.1, -0.05) is 44.0 Å². The number of rotatable bonds is 16. The molecule has 0 unspecified atom stereocenters. The number of carbonyl (C=O) groups excluding carboxylic acids is 4. The quantitative estimate of drug-likeness (QED) is 0.0553. The van der Waals surface area contributed by atoms with Gasteiger partial charge in [-0.25, -0.2) is 59.3 Å². The Kier molecular flexibility index (Phi) is 18.6. The highest BCUT2D eigenvalue weighted by Gasteiger charge is 2.51. The van der Waals surface area contributed by atoms with Gasteiger partial charge in [0.2, 0.25) is 15.9 Å². The molecule has 0 aliphatic carbocycles. The Labute approximate surface area is 476 Å². The average molecular weight is 1310 g/mol. The van der Waals surface area contributed by atoms with Crippen molar-refractivity contribution in [1.29, 1.82) is 0 Å². The standard InChI is InChI=1S/C25H22BrF3N6O3S2.C23H23BrF3N5O5S2/c1-2-38-23(37)18-16(11-35-12-25(28,29)10-17(35)21(36)34-24-31-6-8-40-24)32-20(22-30-5-7-39-22)33-19(18)14-4-3-13(27)9-15(14)26;1-3-37-22(34)17-15(10-32-11-23(26,27)9-16(32)20(33)31-39(2,35)36)29-19(21-28-6-7-38-21)30-18(17)13-5-4-12(25)8-14(13)24/h3-9,17,19H,2,10-12H2,1H3,(H,32,33)(H,31,34,36);4-8,16,18H,3,9-11H2,1-2H3,(H,29,30)(H,31,33)/t17-,19-;16-,18-/m00/s1. The minimum Gasteiger partial charge on any atom is -0.463 e. The number of aromatic nitrogens is 3. The van der Waals surface area contributed by atoms with Gasteiger partial charge in [-0.2, -0.15) is 0 Å². The predicted molar refractivity (Wildman–Crippen MR) is 288 cm³/mol. The van der Waals surface area contributed by atoms with Gasteiger partial charge in [0.25, 0.3) is 17.8 Å². The topological polar surface area (TPSA) is 239 Å². The van der Waals surface area contributed by atoms with Crippen LogP contribution in [0.15, 0.2) is 113 Å². The summed E-state index contributed by atoms with van der Waals surface area (Å²) in [7, 11) is -4.01. The third kappa shape index (κ3) is 14.5. The number of nitrogens with zero attached hydrogens (tertiary/aromatic N) is 7. The molecule has 19 nitrogen and oxygen atoms in total. The molecule has 2 saturated heterocycles. The van der Waals surface area contributed by atoms with E-state index in [0.717, 1.165) is 11.2 Å². The number of sulfonamides is 1. The van der Waals surface area contributed by atoms with Crippen molar-refractivity contribution in [3.63, 3.8) is 0 Å². The van der Waals surface area contributed by atoms with Crippen molar-refractivity contribution in [1.82, 2.24) is 40.1 Å². The molecule has 0 bridgehead atoms. The first kappa shape index (κ1) is 59.2. The molecule has 5 aromatic rings. The van der Waals surface area contributed by atoms with Gasteiger partial charge in [0.15, 0.2) is 26.8 Å². The summed E-state index contributed by atoms with van der Waals surface area (Å²) in [5.74, 6) is -10.2. The van der Waals surface area contributed by atoms with E-state index >= 15 is 0 Å². The normalized spacial score (nSPS) is 21.0. The summed E-state index contributed by atoms with van der Waals surface area (Å²) in [4.78, 5) is 76.6.